The topological polar surface area (TPSA) is 52.6 Å². The first-order chi connectivity index (χ1) is 7.05. The third-order valence-corrected chi connectivity index (χ3v) is 3.01. The minimum absolute atomic E-state index is 0.223. The molecule has 0 saturated carbocycles. The Morgan fingerprint density at radius 1 is 1.47 bits per heavy atom. The van der Waals surface area contributed by atoms with E-state index in [1.54, 1.807) is 0 Å². The molecule has 1 amide bonds. The van der Waals surface area contributed by atoms with Gasteiger partial charge in [0.25, 0.3) is 0 Å². The second kappa shape index (κ2) is 5.47. The van der Waals surface area contributed by atoms with Gasteiger partial charge in [-0.3, -0.25) is 4.79 Å². The van der Waals surface area contributed by atoms with Gasteiger partial charge in [-0.2, -0.15) is 0 Å². The summed E-state index contributed by atoms with van der Waals surface area (Å²) in [5.74, 6) is 0.223. The van der Waals surface area contributed by atoms with Crippen LogP contribution in [0.25, 0.3) is 0 Å². The zero-order chi connectivity index (χ0) is 11.3. The fourth-order valence-electron chi connectivity index (χ4n) is 1.81. The van der Waals surface area contributed by atoms with E-state index in [2.05, 4.69) is 5.32 Å². The van der Waals surface area contributed by atoms with Crippen molar-refractivity contribution in [1.82, 2.24) is 10.2 Å². The lowest BCUT2D eigenvalue weighted by Gasteiger charge is -2.35. The largest absolute Gasteiger partial charge is 0.390 e. The van der Waals surface area contributed by atoms with E-state index < -0.39 is 5.60 Å². The first-order valence-corrected chi connectivity index (χ1v) is 5.70. The number of hydrogen-bond donors (Lipinski definition) is 2. The summed E-state index contributed by atoms with van der Waals surface area (Å²) in [5.41, 5.74) is -0.568. The van der Waals surface area contributed by atoms with Crippen LogP contribution in [0.15, 0.2) is 0 Å². The van der Waals surface area contributed by atoms with E-state index in [4.69, 9.17) is 0 Å². The van der Waals surface area contributed by atoms with Crippen LogP contribution < -0.4 is 5.32 Å². The van der Waals surface area contributed by atoms with Crippen molar-refractivity contribution >= 4 is 5.91 Å². The number of carbonyl (C=O) groups is 1. The minimum Gasteiger partial charge on any atom is -0.390 e. The number of hydrogen-bond acceptors (Lipinski definition) is 3. The monoisotopic (exact) mass is 214 g/mol. The van der Waals surface area contributed by atoms with Gasteiger partial charge < -0.3 is 15.3 Å². The van der Waals surface area contributed by atoms with Crippen molar-refractivity contribution in [3.8, 4) is 0 Å². The van der Waals surface area contributed by atoms with Gasteiger partial charge in [0.15, 0.2) is 0 Å². The Balaban J connectivity index is 2.24. The van der Waals surface area contributed by atoms with Gasteiger partial charge in [-0.05, 0) is 39.8 Å². The van der Waals surface area contributed by atoms with Crippen LogP contribution in [0.5, 0.6) is 0 Å². The molecule has 4 heteroatoms. The van der Waals surface area contributed by atoms with Crippen molar-refractivity contribution in [2.24, 2.45) is 0 Å². The van der Waals surface area contributed by atoms with Crippen LogP contribution in [-0.4, -0.2) is 48.2 Å². The number of piperidine rings is 1. The molecule has 0 aromatic heterocycles. The van der Waals surface area contributed by atoms with E-state index >= 15 is 0 Å². The highest BCUT2D eigenvalue weighted by Gasteiger charge is 2.28. The van der Waals surface area contributed by atoms with Crippen LogP contribution >= 0.6 is 0 Å². The third kappa shape index (κ3) is 4.18. The lowest BCUT2D eigenvalue weighted by Crippen LogP contribution is -2.45. The molecule has 1 aliphatic rings. The van der Waals surface area contributed by atoms with E-state index in [0.29, 0.717) is 32.4 Å². The summed E-state index contributed by atoms with van der Waals surface area (Å²) < 4.78 is 0. The molecule has 2 N–H and O–H groups in total. The van der Waals surface area contributed by atoms with Crippen molar-refractivity contribution in [3.05, 3.63) is 0 Å². The fraction of sp³-hybridized carbons (Fsp3) is 0.909. The Labute approximate surface area is 91.6 Å². The Hall–Kier alpha value is -0.610. The van der Waals surface area contributed by atoms with Crippen molar-refractivity contribution in [1.29, 1.82) is 0 Å². The number of amides is 1. The van der Waals surface area contributed by atoms with Gasteiger partial charge in [0.2, 0.25) is 5.91 Å². The highest BCUT2D eigenvalue weighted by molar-refractivity contribution is 5.76. The fourth-order valence-corrected chi connectivity index (χ4v) is 1.81. The molecule has 1 saturated heterocycles. The van der Waals surface area contributed by atoms with E-state index in [1.165, 1.54) is 0 Å². The summed E-state index contributed by atoms with van der Waals surface area (Å²) >= 11 is 0. The molecule has 1 fully saturated rings. The summed E-state index contributed by atoms with van der Waals surface area (Å²) in [6, 6.07) is 0. The maximum Gasteiger partial charge on any atom is 0.222 e. The van der Waals surface area contributed by atoms with Crippen LogP contribution in [-0.2, 0) is 4.79 Å². The molecule has 0 bridgehead atoms. The molecule has 15 heavy (non-hydrogen) atoms. The summed E-state index contributed by atoms with van der Waals surface area (Å²) in [7, 11) is 1.89. The van der Waals surface area contributed by atoms with Crippen LogP contribution in [0.4, 0.5) is 0 Å². The number of aliphatic hydroxyl groups is 1. The molecule has 4 nitrogen and oxygen atoms in total. The first-order valence-electron chi connectivity index (χ1n) is 5.70. The van der Waals surface area contributed by atoms with Crippen LogP contribution in [0.2, 0.25) is 0 Å². The van der Waals surface area contributed by atoms with Gasteiger partial charge in [-0.1, -0.05) is 0 Å². The predicted molar refractivity (Wildman–Crippen MR) is 59.6 cm³/mol. The molecule has 0 radical (unpaired) electrons. The van der Waals surface area contributed by atoms with Crippen molar-refractivity contribution < 1.29 is 9.90 Å². The van der Waals surface area contributed by atoms with Gasteiger partial charge in [0.1, 0.15) is 0 Å². The lowest BCUT2D eigenvalue weighted by atomic mass is 9.93. The van der Waals surface area contributed by atoms with Gasteiger partial charge in [-0.15, -0.1) is 0 Å². The van der Waals surface area contributed by atoms with Crippen molar-refractivity contribution in [2.45, 2.75) is 38.2 Å². The molecule has 1 heterocycles. The van der Waals surface area contributed by atoms with Crippen molar-refractivity contribution in [2.75, 3.05) is 26.7 Å². The minimum atomic E-state index is -0.568. The summed E-state index contributed by atoms with van der Waals surface area (Å²) in [6.45, 7) is 4.13. The molecule has 0 unspecified atom stereocenters. The zero-order valence-corrected chi connectivity index (χ0v) is 9.75. The highest BCUT2D eigenvalue weighted by Crippen LogP contribution is 2.21. The van der Waals surface area contributed by atoms with E-state index in [9.17, 15) is 9.90 Å². The van der Waals surface area contributed by atoms with Crippen LogP contribution in [0, 0.1) is 0 Å². The summed E-state index contributed by atoms with van der Waals surface area (Å²) in [5, 5.41) is 12.8. The predicted octanol–water partition coefficient (Wildman–Crippen LogP) is 0.359. The number of carbonyl (C=O) groups excluding carboxylic acids is 1. The highest BCUT2D eigenvalue weighted by atomic mass is 16.3. The SMILES string of the molecule is CNCCCC(=O)N1CCC(C)(O)CC1. The Bertz CT molecular complexity index is 207. The summed E-state index contributed by atoms with van der Waals surface area (Å²) in [6.07, 6.45) is 2.90. The maximum absolute atomic E-state index is 11.7. The average Bonchev–Trinajstić information content (AvgIpc) is 2.18. The van der Waals surface area contributed by atoms with Gasteiger partial charge in [0.05, 0.1) is 5.60 Å². The molecule has 0 spiro atoms. The van der Waals surface area contributed by atoms with Crippen molar-refractivity contribution in [3.63, 3.8) is 0 Å². The van der Waals surface area contributed by atoms with E-state index in [0.717, 1.165) is 13.0 Å². The van der Waals surface area contributed by atoms with Gasteiger partial charge >= 0.3 is 0 Å². The molecule has 0 aliphatic carbocycles. The Kier molecular flexibility index (Phi) is 4.54. The van der Waals surface area contributed by atoms with Gasteiger partial charge in [-0.25, -0.2) is 0 Å². The first kappa shape index (κ1) is 12.5. The number of likely N-dealkylation sites (tertiary alicyclic amines) is 1. The standard InChI is InChI=1S/C11H22N2O2/c1-11(15)5-8-13(9-6-11)10(14)4-3-7-12-2/h12,15H,3-9H2,1-2H3. The molecule has 0 aromatic carbocycles. The second-order valence-corrected chi connectivity index (χ2v) is 4.58. The maximum atomic E-state index is 11.7. The zero-order valence-electron chi connectivity index (χ0n) is 9.75. The van der Waals surface area contributed by atoms with Crippen LogP contribution in [0.1, 0.15) is 32.6 Å². The number of rotatable bonds is 4. The number of nitrogens with zero attached hydrogens (tertiary/aromatic N) is 1. The smallest absolute Gasteiger partial charge is 0.222 e. The molecule has 88 valence electrons. The summed E-state index contributed by atoms with van der Waals surface area (Å²) in [4.78, 5) is 13.6. The molecular formula is C11H22N2O2. The molecule has 1 aliphatic heterocycles. The van der Waals surface area contributed by atoms with Crippen LogP contribution in [0.3, 0.4) is 0 Å². The quantitative estimate of drug-likeness (QED) is 0.664. The molecule has 0 aromatic rings. The third-order valence-electron chi connectivity index (χ3n) is 3.01. The number of nitrogens with one attached hydrogen (secondary N) is 1. The Morgan fingerprint density at radius 3 is 2.60 bits per heavy atom. The van der Waals surface area contributed by atoms with E-state index in [-0.39, 0.29) is 5.91 Å². The van der Waals surface area contributed by atoms with E-state index in [1.807, 2.05) is 18.9 Å². The molecule has 0 atom stereocenters. The normalized spacial score (nSPS) is 20.3. The molecule has 1 rings (SSSR count). The molecular weight excluding hydrogens is 192 g/mol. The lowest BCUT2D eigenvalue weighted by molar-refractivity contribution is -0.135. The Morgan fingerprint density at radius 2 is 2.07 bits per heavy atom. The average molecular weight is 214 g/mol. The second-order valence-electron chi connectivity index (χ2n) is 4.58. The van der Waals surface area contributed by atoms with Gasteiger partial charge in [0, 0.05) is 19.5 Å².